The van der Waals surface area contributed by atoms with Crippen LogP contribution in [-0.4, -0.2) is 43.0 Å². The van der Waals surface area contributed by atoms with Crippen molar-refractivity contribution in [1.29, 1.82) is 0 Å². The van der Waals surface area contributed by atoms with E-state index in [-0.39, 0.29) is 6.03 Å². The molecule has 0 bridgehead atoms. The van der Waals surface area contributed by atoms with Crippen molar-refractivity contribution in [1.82, 2.24) is 9.80 Å². The summed E-state index contributed by atoms with van der Waals surface area (Å²) in [5.74, 6) is 0. The standard InChI is InChI=1S/C13H19N3O2/c1-9-6-7-11(8-10(9)2)14-12(17)16(5)13(18)15(3)4/h6-8H,1-5H3,(H,14,17). The number of anilines is 1. The van der Waals surface area contributed by atoms with E-state index < -0.39 is 6.03 Å². The zero-order valence-corrected chi connectivity index (χ0v) is 11.4. The summed E-state index contributed by atoms with van der Waals surface area (Å²) in [4.78, 5) is 25.8. The molecule has 0 spiro atoms. The molecule has 0 heterocycles. The van der Waals surface area contributed by atoms with E-state index in [2.05, 4.69) is 5.32 Å². The van der Waals surface area contributed by atoms with Crippen molar-refractivity contribution in [3.8, 4) is 0 Å². The van der Waals surface area contributed by atoms with E-state index in [1.807, 2.05) is 32.0 Å². The highest BCUT2D eigenvalue weighted by Crippen LogP contribution is 2.14. The van der Waals surface area contributed by atoms with Crippen molar-refractivity contribution < 1.29 is 9.59 Å². The largest absolute Gasteiger partial charge is 0.330 e. The minimum Gasteiger partial charge on any atom is -0.330 e. The SMILES string of the molecule is Cc1ccc(NC(=O)N(C)C(=O)N(C)C)cc1C. The van der Waals surface area contributed by atoms with E-state index in [4.69, 9.17) is 0 Å². The third-order valence-corrected chi connectivity index (χ3v) is 2.73. The third-order valence-electron chi connectivity index (χ3n) is 2.73. The molecule has 0 saturated heterocycles. The third kappa shape index (κ3) is 3.23. The van der Waals surface area contributed by atoms with Crippen molar-refractivity contribution in [2.75, 3.05) is 26.5 Å². The van der Waals surface area contributed by atoms with Gasteiger partial charge < -0.3 is 10.2 Å². The molecule has 1 aromatic rings. The number of nitrogens with zero attached hydrogens (tertiary/aromatic N) is 2. The van der Waals surface area contributed by atoms with Crippen LogP contribution < -0.4 is 5.32 Å². The van der Waals surface area contributed by atoms with Gasteiger partial charge in [0.15, 0.2) is 0 Å². The molecule has 0 fully saturated rings. The first-order chi connectivity index (χ1) is 8.32. The summed E-state index contributed by atoms with van der Waals surface area (Å²) in [6.45, 7) is 3.97. The Hall–Kier alpha value is -2.04. The van der Waals surface area contributed by atoms with Crippen LogP contribution in [0.15, 0.2) is 18.2 Å². The van der Waals surface area contributed by atoms with Gasteiger partial charge in [-0.3, -0.25) is 0 Å². The van der Waals surface area contributed by atoms with E-state index in [1.54, 1.807) is 14.1 Å². The molecule has 0 radical (unpaired) electrons. The van der Waals surface area contributed by atoms with Gasteiger partial charge in [-0.15, -0.1) is 0 Å². The second-order valence-corrected chi connectivity index (χ2v) is 4.47. The quantitative estimate of drug-likeness (QED) is 0.831. The van der Waals surface area contributed by atoms with Crippen LogP contribution in [0.5, 0.6) is 0 Å². The lowest BCUT2D eigenvalue weighted by atomic mass is 10.1. The molecule has 0 atom stereocenters. The number of rotatable bonds is 1. The van der Waals surface area contributed by atoms with Gasteiger partial charge in [0.2, 0.25) is 0 Å². The van der Waals surface area contributed by atoms with Crippen LogP contribution in [0, 0.1) is 13.8 Å². The maximum Gasteiger partial charge on any atom is 0.329 e. The molecule has 98 valence electrons. The predicted octanol–water partition coefficient (Wildman–Crippen LogP) is 2.45. The Balaban J connectivity index is 2.75. The molecule has 1 N–H and O–H groups in total. The Bertz CT molecular complexity index is 469. The lowest BCUT2D eigenvalue weighted by Gasteiger charge is -2.20. The van der Waals surface area contributed by atoms with Crippen LogP contribution in [0.3, 0.4) is 0 Å². The normalized spacial score (nSPS) is 9.83. The molecule has 0 aliphatic rings. The molecule has 18 heavy (non-hydrogen) atoms. The van der Waals surface area contributed by atoms with Crippen LogP contribution >= 0.6 is 0 Å². The summed E-state index contributed by atoms with van der Waals surface area (Å²) in [7, 11) is 4.64. The molecule has 0 unspecified atom stereocenters. The Morgan fingerprint density at radius 2 is 1.67 bits per heavy atom. The van der Waals surface area contributed by atoms with E-state index >= 15 is 0 Å². The van der Waals surface area contributed by atoms with E-state index in [0.717, 1.165) is 16.0 Å². The Morgan fingerprint density at radius 1 is 1.06 bits per heavy atom. The number of imide groups is 1. The number of carbonyl (C=O) groups is 2. The van der Waals surface area contributed by atoms with Crippen LogP contribution in [0.1, 0.15) is 11.1 Å². The second kappa shape index (κ2) is 5.53. The first-order valence-corrected chi connectivity index (χ1v) is 5.66. The molecular weight excluding hydrogens is 230 g/mol. The van der Waals surface area contributed by atoms with E-state index in [0.29, 0.717) is 5.69 Å². The summed E-state index contributed by atoms with van der Waals surface area (Å²) >= 11 is 0. The Labute approximate surface area is 107 Å². The van der Waals surface area contributed by atoms with Gasteiger partial charge >= 0.3 is 12.1 Å². The smallest absolute Gasteiger partial charge is 0.329 e. The number of carbonyl (C=O) groups excluding carboxylic acids is 2. The highest BCUT2D eigenvalue weighted by Gasteiger charge is 2.18. The maximum atomic E-state index is 11.8. The summed E-state index contributed by atoms with van der Waals surface area (Å²) in [6.07, 6.45) is 0. The van der Waals surface area contributed by atoms with Crippen LogP contribution in [0.4, 0.5) is 15.3 Å². The second-order valence-electron chi connectivity index (χ2n) is 4.47. The molecule has 5 nitrogen and oxygen atoms in total. The van der Waals surface area contributed by atoms with Gasteiger partial charge in [0.25, 0.3) is 0 Å². The Kier molecular flexibility index (Phi) is 4.31. The van der Waals surface area contributed by atoms with Gasteiger partial charge in [0.1, 0.15) is 0 Å². The highest BCUT2D eigenvalue weighted by atomic mass is 16.2. The van der Waals surface area contributed by atoms with Gasteiger partial charge in [0.05, 0.1) is 0 Å². The zero-order valence-electron chi connectivity index (χ0n) is 11.4. The minimum absolute atomic E-state index is 0.365. The fraction of sp³-hybridized carbons (Fsp3) is 0.385. The summed E-state index contributed by atoms with van der Waals surface area (Å²) in [5, 5.41) is 2.68. The number of hydrogen-bond donors (Lipinski definition) is 1. The molecule has 0 aliphatic heterocycles. The van der Waals surface area contributed by atoms with E-state index in [9.17, 15) is 9.59 Å². The molecule has 1 rings (SSSR count). The minimum atomic E-state index is -0.447. The van der Waals surface area contributed by atoms with Gasteiger partial charge in [-0.05, 0) is 37.1 Å². The molecule has 0 saturated carbocycles. The fourth-order valence-electron chi connectivity index (χ4n) is 1.41. The predicted molar refractivity (Wildman–Crippen MR) is 71.8 cm³/mol. The zero-order chi connectivity index (χ0) is 13.9. The van der Waals surface area contributed by atoms with Crippen molar-refractivity contribution in [2.24, 2.45) is 0 Å². The topological polar surface area (TPSA) is 52.7 Å². The molecule has 1 aromatic carbocycles. The van der Waals surface area contributed by atoms with E-state index in [1.165, 1.54) is 11.9 Å². The van der Waals surface area contributed by atoms with Crippen molar-refractivity contribution >= 4 is 17.7 Å². The molecule has 0 aliphatic carbocycles. The monoisotopic (exact) mass is 249 g/mol. The average Bonchev–Trinajstić information content (AvgIpc) is 2.31. The summed E-state index contributed by atoms with van der Waals surface area (Å²) in [5.41, 5.74) is 2.93. The van der Waals surface area contributed by atoms with Gasteiger partial charge in [-0.2, -0.15) is 0 Å². The first-order valence-electron chi connectivity index (χ1n) is 5.66. The van der Waals surface area contributed by atoms with Crippen molar-refractivity contribution in [3.63, 3.8) is 0 Å². The number of nitrogens with one attached hydrogen (secondary N) is 1. The number of amides is 4. The van der Waals surface area contributed by atoms with Crippen LogP contribution in [0.2, 0.25) is 0 Å². The molecule has 5 heteroatoms. The van der Waals surface area contributed by atoms with Gasteiger partial charge in [0, 0.05) is 26.8 Å². The van der Waals surface area contributed by atoms with Gasteiger partial charge in [-0.1, -0.05) is 6.07 Å². The first kappa shape index (κ1) is 14.0. The molecule has 0 aromatic heterocycles. The summed E-state index contributed by atoms with van der Waals surface area (Å²) < 4.78 is 0. The number of aryl methyl sites for hydroxylation is 2. The maximum absolute atomic E-state index is 11.8. The average molecular weight is 249 g/mol. The van der Waals surface area contributed by atoms with Crippen LogP contribution in [-0.2, 0) is 0 Å². The molecular formula is C13H19N3O2. The fourth-order valence-corrected chi connectivity index (χ4v) is 1.41. The van der Waals surface area contributed by atoms with Gasteiger partial charge in [-0.25, -0.2) is 14.5 Å². The Morgan fingerprint density at radius 3 is 2.17 bits per heavy atom. The number of benzene rings is 1. The van der Waals surface area contributed by atoms with Crippen molar-refractivity contribution in [2.45, 2.75) is 13.8 Å². The lowest BCUT2D eigenvalue weighted by molar-refractivity contribution is 0.182. The number of hydrogen-bond acceptors (Lipinski definition) is 2. The molecule has 4 amide bonds. The lowest BCUT2D eigenvalue weighted by Crippen LogP contribution is -2.42. The number of urea groups is 2. The van der Waals surface area contributed by atoms with Crippen molar-refractivity contribution in [3.05, 3.63) is 29.3 Å². The van der Waals surface area contributed by atoms with Crippen LogP contribution in [0.25, 0.3) is 0 Å². The summed E-state index contributed by atoms with van der Waals surface area (Å²) in [6, 6.07) is 4.81. The highest BCUT2D eigenvalue weighted by molar-refractivity contribution is 6.00.